The topological polar surface area (TPSA) is 70.2 Å². The fourth-order valence-electron chi connectivity index (χ4n) is 4.46. The average molecular weight is 413 g/mol. The Bertz CT molecular complexity index is 1040. The minimum absolute atomic E-state index is 0.151. The highest BCUT2D eigenvalue weighted by Gasteiger charge is 2.41. The summed E-state index contributed by atoms with van der Waals surface area (Å²) < 4.78 is 2.06. The monoisotopic (exact) mass is 412 g/mol. The van der Waals surface area contributed by atoms with Gasteiger partial charge < -0.3 is 10.3 Å². The van der Waals surface area contributed by atoms with Crippen LogP contribution in [0.25, 0.3) is 5.65 Å². The third kappa shape index (κ3) is 2.97. The van der Waals surface area contributed by atoms with E-state index in [1.807, 2.05) is 24.7 Å². The van der Waals surface area contributed by atoms with Gasteiger partial charge in [-0.1, -0.05) is 23.4 Å². The fraction of sp³-hybridized carbons (Fsp3) is 0.400. The Labute approximate surface area is 172 Å². The summed E-state index contributed by atoms with van der Waals surface area (Å²) in [6.07, 6.45) is 14.5. The molecular weight excluding hydrogens is 392 g/mol. The minimum atomic E-state index is 0.151. The second-order valence-corrected chi connectivity index (χ2v) is 9.04. The molecule has 2 fully saturated rings. The molecule has 1 spiro atoms. The summed E-state index contributed by atoms with van der Waals surface area (Å²) in [4.78, 5) is 17.6. The zero-order valence-electron chi connectivity index (χ0n) is 15.4. The molecule has 6 nitrogen and oxygen atoms in total. The van der Waals surface area contributed by atoms with E-state index in [9.17, 15) is 0 Å². The van der Waals surface area contributed by atoms with Gasteiger partial charge in [-0.15, -0.1) is 0 Å². The van der Waals surface area contributed by atoms with Gasteiger partial charge in [0, 0.05) is 60.1 Å². The molecule has 0 unspecified atom stereocenters. The Kier molecular flexibility index (Phi) is 4.51. The number of imidazole rings is 1. The number of halogens is 1. The lowest BCUT2D eigenvalue weighted by Gasteiger charge is -2.40. The van der Waals surface area contributed by atoms with Crippen molar-refractivity contribution in [3.63, 3.8) is 0 Å². The van der Waals surface area contributed by atoms with Crippen molar-refractivity contribution < 1.29 is 0 Å². The van der Waals surface area contributed by atoms with Crippen molar-refractivity contribution in [3.8, 4) is 0 Å². The number of pyridine rings is 1. The molecule has 3 aromatic heterocycles. The van der Waals surface area contributed by atoms with Gasteiger partial charge in [-0.05, 0) is 38.2 Å². The van der Waals surface area contributed by atoms with Gasteiger partial charge in [-0.2, -0.15) is 0 Å². The molecular formula is C20H21ClN6S. The second-order valence-electron chi connectivity index (χ2n) is 7.55. The van der Waals surface area contributed by atoms with Gasteiger partial charge in [-0.25, -0.2) is 9.97 Å². The van der Waals surface area contributed by atoms with Gasteiger partial charge in [0.2, 0.25) is 5.95 Å². The van der Waals surface area contributed by atoms with Gasteiger partial charge in [0.15, 0.2) is 5.65 Å². The Hall–Kier alpha value is -2.12. The number of hydrogen-bond acceptors (Lipinski definition) is 6. The average Bonchev–Trinajstić information content (AvgIpc) is 3.33. The SMILES string of the molecule is N=C1CCCC12CCN(c1ncc(Sc3ccncc3Cl)c3nccn13)CC2. The molecule has 3 aromatic rings. The van der Waals surface area contributed by atoms with Crippen LogP contribution in [0.5, 0.6) is 0 Å². The summed E-state index contributed by atoms with van der Waals surface area (Å²) in [5.41, 5.74) is 2.00. The number of hydrogen-bond donors (Lipinski definition) is 1. The highest BCUT2D eigenvalue weighted by Crippen LogP contribution is 2.44. The largest absolute Gasteiger partial charge is 0.342 e. The highest BCUT2D eigenvalue weighted by atomic mass is 35.5. The van der Waals surface area contributed by atoms with Crippen LogP contribution in [0.4, 0.5) is 5.95 Å². The summed E-state index contributed by atoms with van der Waals surface area (Å²) in [5.74, 6) is 0.928. The van der Waals surface area contributed by atoms with E-state index < -0.39 is 0 Å². The zero-order valence-corrected chi connectivity index (χ0v) is 17.0. The first-order chi connectivity index (χ1) is 13.7. The Morgan fingerprint density at radius 3 is 2.68 bits per heavy atom. The maximum Gasteiger partial charge on any atom is 0.211 e. The van der Waals surface area contributed by atoms with Crippen LogP contribution in [-0.2, 0) is 0 Å². The first-order valence-corrected chi connectivity index (χ1v) is 10.8. The van der Waals surface area contributed by atoms with Crippen LogP contribution in [0, 0.1) is 10.8 Å². The van der Waals surface area contributed by atoms with E-state index in [0.29, 0.717) is 5.02 Å². The van der Waals surface area contributed by atoms with Crippen LogP contribution >= 0.6 is 23.4 Å². The van der Waals surface area contributed by atoms with Crippen LogP contribution in [0.2, 0.25) is 5.02 Å². The predicted molar refractivity (Wildman–Crippen MR) is 112 cm³/mol. The van der Waals surface area contributed by atoms with Gasteiger partial charge in [0.25, 0.3) is 0 Å². The van der Waals surface area contributed by atoms with Crippen molar-refractivity contribution in [1.82, 2.24) is 19.4 Å². The molecule has 0 atom stereocenters. The predicted octanol–water partition coefficient (Wildman–Crippen LogP) is 4.72. The summed E-state index contributed by atoms with van der Waals surface area (Å²) in [6, 6.07) is 1.90. The summed E-state index contributed by atoms with van der Waals surface area (Å²) in [7, 11) is 0. The van der Waals surface area contributed by atoms with E-state index in [1.54, 1.807) is 24.2 Å². The number of piperidine rings is 1. The molecule has 1 saturated heterocycles. The first kappa shape index (κ1) is 17.9. The molecule has 0 aromatic carbocycles. The number of nitrogens with one attached hydrogen (secondary N) is 1. The molecule has 1 aliphatic carbocycles. The van der Waals surface area contributed by atoms with Crippen molar-refractivity contribution in [2.75, 3.05) is 18.0 Å². The van der Waals surface area contributed by atoms with Crippen molar-refractivity contribution in [2.45, 2.75) is 41.9 Å². The summed E-state index contributed by atoms with van der Waals surface area (Å²) in [5, 5.41) is 8.98. The first-order valence-electron chi connectivity index (χ1n) is 9.59. The van der Waals surface area contributed by atoms with E-state index in [1.165, 1.54) is 12.8 Å². The van der Waals surface area contributed by atoms with E-state index in [2.05, 4.69) is 19.3 Å². The number of rotatable bonds is 3. The third-order valence-corrected chi connectivity index (χ3v) is 7.55. The van der Waals surface area contributed by atoms with Crippen molar-refractivity contribution >= 4 is 40.7 Å². The van der Waals surface area contributed by atoms with Gasteiger partial charge in [0.05, 0.1) is 9.92 Å². The standard InChI is InChI=1S/C20H21ClN6S/c21-14-12-23-7-3-15(14)28-16-13-25-19(27-11-8-24-18(16)27)26-9-5-20(6-10-26)4-1-2-17(20)22/h3,7-8,11-13,22H,1-2,4-6,9-10H2. The van der Waals surface area contributed by atoms with Crippen LogP contribution < -0.4 is 4.90 Å². The highest BCUT2D eigenvalue weighted by molar-refractivity contribution is 7.99. The van der Waals surface area contributed by atoms with Gasteiger partial charge in [-0.3, -0.25) is 9.38 Å². The number of anilines is 1. The Morgan fingerprint density at radius 2 is 1.93 bits per heavy atom. The van der Waals surface area contributed by atoms with Crippen LogP contribution in [0.3, 0.4) is 0 Å². The molecule has 8 heteroatoms. The van der Waals surface area contributed by atoms with Crippen molar-refractivity contribution in [3.05, 3.63) is 42.1 Å². The molecule has 4 heterocycles. The van der Waals surface area contributed by atoms with Gasteiger partial charge in [0.1, 0.15) is 0 Å². The molecule has 0 radical (unpaired) electrons. The zero-order chi connectivity index (χ0) is 19.1. The molecule has 1 saturated carbocycles. The number of fused-ring (bicyclic) bond motifs is 1. The Balaban J connectivity index is 1.42. The van der Waals surface area contributed by atoms with E-state index in [-0.39, 0.29) is 5.41 Å². The molecule has 144 valence electrons. The lowest BCUT2D eigenvalue weighted by molar-refractivity contribution is 0.316. The third-order valence-electron chi connectivity index (χ3n) is 6.05. The maximum absolute atomic E-state index is 8.35. The molecule has 1 N–H and O–H groups in total. The van der Waals surface area contributed by atoms with E-state index >= 15 is 0 Å². The second kappa shape index (κ2) is 7.04. The quantitative estimate of drug-likeness (QED) is 0.674. The van der Waals surface area contributed by atoms with Crippen LogP contribution in [0.1, 0.15) is 32.1 Å². The van der Waals surface area contributed by atoms with Crippen molar-refractivity contribution in [1.29, 1.82) is 5.41 Å². The van der Waals surface area contributed by atoms with Crippen LogP contribution in [-0.4, -0.2) is 38.2 Å². The fourth-order valence-corrected chi connectivity index (χ4v) is 5.56. The molecule has 5 rings (SSSR count). The Morgan fingerprint density at radius 1 is 1.07 bits per heavy atom. The number of nitrogens with zero attached hydrogens (tertiary/aromatic N) is 5. The lowest BCUT2D eigenvalue weighted by Crippen LogP contribution is -2.43. The summed E-state index contributed by atoms with van der Waals surface area (Å²) in [6.45, 7) is 1.87. The van der Waals surface area contributed by atoms with Crippen molar-refractivity contribution in [2.24, 2.45) is 5.41 Å². The molecule has 0 bridgehead atoms. The molecule has 0 amide bonds. The maximum atomic E-state index is 8.35. The normalized spacial score (nSPS) is 19.0. The smallest absolute Gasteiger partial charge is 0.211 e. The molecule has 2 aliphatic rings. The molecule has 28 heavy (non-hydrogen) atoms. The van der Waals surface area contributed by atoms with E-state index in [0.717, 1.165) is 59.5 Å². The van der Waals surface area contributed by atoms with Gasteiger partial charge >= 0.3 is 0 Å². The lowest BCUT2D eigenvalue weighted by atomic mass is 9.76. The molecule has 1 aliphatic heterocycles. The summed E-state index contributed by atoms with van der Waals surface area (Å²) >= 11 is 7.82. The van der Waals surface area contributed by atoms with E-state index in [4.69, 9.17) is 22.0 Å². The van der Waals surface area contributed by atoms with Crippen LogP contribution in [0.15, 0.2) is 46.8 Å². The number of aromatic nitrogens is 4. The minimum Gasteiger partial charge on any atom is -0.342 e.